The van der Waals surface area contributed by atoms with Gasteiger partial charge < -0.3 is 15.4 Å². The summed E-state index contributed by atoms with van der Waals surface area (Å²) in [5.74, 6) is 0.771. The van der Waals surface area contributed by atoms with E-state index >= 15 is 0 Å². The Balaban J connectivity index is 2.13. The summed E-state index contributed by atoms with van der Waals surface area (Å²) in [6.45, 7) is 6.90. The third-order valence-electron chi connectivity index (χ3n) is 3.70. The minimum Gasteiger partial charge on any atom is -0.495 e. The van der Waals surface area contributed by atoms with Crippen molar-refractivity contribution >= 4 is 11.4 Å². The van der Waals surface area contributed by atoms with Crippen LogP contribution in [0.4, 0.5) is 11.4 Å². The quantitative estimate of drug-likeness (QED) is 0.800. The highest BCUT2D eigenvalue weighted by Crippen LogP contribution is 2.34. The first-order chi connectivity index (χ1) is 8.02. The van der Waals surface area contributed by atoms with Crippen LogP contribution < -0.4 is 15.4 Å². The molecule has 17 heavy (non-hydrogen) atoms. The van der Waals surface area contributed by atoms with Gasteiger partial charge in [-0.25, -0.2) is 0 Å². The van der Waals surface area contributed by atoms with Gasteiger partial charge in [-0.2, -0.15) is 0 Å². The van der Waals surface area contributed by atoms with E-state index in [1.165, 1.54) is 18.5 Å². The van der Waals surface area contributed by atoms with Gasteiger partial charge in [0.05, 0.1) is 12.8 Å². The largest absolute Gasteiger partial charge is 0.495 e. The van der Waals surface area contributed by atoms with Crippen LogP contribution in [-0.2, 0) is 0 Å². The number of ether oxygens (including phenoxy) is 1. The second kappa shape index (κ2) is 4.47. The molecule has 1 aromatic carbocycles. The minimum atomic E-state index is 0.481. The van der Waals surface area contributed by atoms with Crippen molar-refractivity contribution in [2.45, 2.75) is 26.7 Å². The van der Waals surface area contributed by atoms with Crippen molar-refractivity contribution < 1.29 is 4.74 Å². The Hall–Kier alpha value is -1.38. The third kappa shape index (κ3) is 2.65. The average molecular weight is 234 g/mol. The Kier molecular flexibility index (Phi) is 3.18. The first kappa shape index (κ1) is 12.1. The Morgan fingerprint density at radius 3 is 2.47 bits per heavy atom. The molecule has 0 radical (unpaired) electrons. The lowest BCUT2D eigenvalue weighted by Gasteiger charge is -2.38. The smallest absolute Gasteiger partial charge is 0.143 e. The lowest BCUT2D eigenvalue weighted by Crippen LogP contribution is -2.37. The zero-order chi connectivity index (χ0) is 12.5. The maximum Gasteiger partial charge on any atom is 0.143 e. The number of nitrogens with zero attached hydrogens (tertiary/aromatic N) is 1. The molecule has 3 nitrogen and oxygen atoms in total. The summed E-state index contributed by atoms with van der Waals surface area (Å²) in [6.07, 6.45) is 2.47. The normalized spacial score (nSPS) is 19.1. The SMILES string of the molecule is COc1cc(N2CCC(C)(C)CC2)ccc1N. The molecule has 2 N–H and O–H groups in total. The van der Waals surface area contributed by atoms with Gasteiger partial charge >= 0.3 is 0 Å². The molecule has 0 aliphatic carbocycles. The van der Waals surface area contributed by atoms with E-state index in [0.717, 1.165) is 18.8 Å². The number of piperidine rings is 1. The van der Waals surface area contributed by atoms with E-state index in [-0.39, 0.29) is 0 Å². The summed E-state index contributed by atoms with van der Waals surface area (Å²) in [7, 11) is 1.66. The number of anilines is 2. The molecule has 0 atom stereocenters. The van der Waals surface area contributed by atoms with E-state index in [9.17, 15) is 0 Å². The predicted molar refractivity (Wildman–Crippen MR) is 72.6 cm³/mol. The molecule has 1 fully saturated rings. The fourth-order valence-electron chi connectivity index (χ4n) is 2.27. The Morgan fingerprint density at radius 1 is 1.24 bits per heavy atom. The first-order valence-electron chi connectivity index (χ1n) is 6.20. The van der Waals surface area contributed by atoms with Crippen LogP contribution >= 0.6 is 0 Å². The van der Waals surface area contributed by atoms with Gasteiger partial charge in [0.15, 0.2) is 0 Å². The molecule has 1 heterocycles. The maximum absolute atomic E-state index is 5.83. The van der Waals surface area contributed by atoms with Gasteiger partial charge in [0, 0.05) is 24.8 Å². The minimum absolute atomic E-state index is 0.481. The van der Waals surface area contributed by atoms with Crippen LogP contribution in [0.5, 0.6) is 5.75 Å². The Labute approximate surface area is 104 Å². The molecule has 0 spiro atoms. The van der Waals surface area contributed by atoms with Crippen LogP contribution in [0.1, 0.15) is 26.7 Å². The van der Waals surface area contributed by atoms with Gasteiger partial charge in [-0.3, -0.25) is 0 Å². The molecule has 0 unspecified atom stereocenters. The predicted octanol–water partition coefficient (Wildman–Crippen LogP) is 2.90. The van der Waals surface area contributed by atoms with Crippen LogP contribution in [0.3, 0.4) is 0 Å². The molecule has 0 bridgehead atoms. The van der Waals surface area contributed by atoms with E-state index in [1.54, 1.807) is 7.11 Å². The van der Waals surface area contributed by atoms with Gasteiger partial charge in [-0.15, -0.1) is 0 Å². The van der Waals surface area contributed by atoms with Crippen LogP contribution in [0.2, 0.25) is 0 Å². The van der Waals surface area contributed by atoms with Crippen molar-refractivity contribution in [2.75, 3.05) is 30.8 Å². The second-order valence-corrected chi connectivity index (χ2v) is 5.58. The standard InChI is InChI=1S/C14H22N2O/c1-14(2)6-8-16(9-7-14)11-4-5-12(15)13(10-11)17-3/h4-5,10H,6-9,15H2,1-3H3. The monoisotopic (exact) mass is 234 g/mol. The lowest BCUT2D eigenvalue weighted by molar-refractivity contribution is 0.280. The summed E-state index contributed by atoms with van der Waals surface area (Å²) in [5.41, 5.74) is 8.23. The maximum atomic E-state index is 5.83. The van der Waals surface area contributed by atoms with Gasteiger partial charge in [0.2, 0.25) is 0 Å². The molecule has 3 heteroatoms. The molecular weight excluding hydrogens is 212 g/mol. The highest BCUT2D eigenvalue weighted by Gasteiger charge is 2.25. The first-order valence-corrected chi connectivity index (χ1v) is 6.20. The summed E-state index contributed by atoms with van der Waals surface area (Å²) in [5, 5.41) is 0. The third-order valence-corrected chi connectivity index (χ3v) is 3.70. The molecule has 1 saturated heterocycles. The summed E-state index contributed by atoms with van der Waals surface area (Å²) in [6, 6.07) is 6.04. The van der Waals surface area contributed by atoms with Crippen LogP contribution in [-0.4, -0.2) is 20.2 Å². The summed E-state index contributed by atoms with van der Waals surface area (Å²) >= 11 is 0. The average Bonchev–Trinajstić information content (AvgIpc) is 2.30. The highest BCUT2D eigenvalue weighted by molar-refractivity contribution is 5.62. The molecule has 1 aliphatic rings. The van der Waals surface area contributed by atoms with Crippen molar-refractivity contribution in [1.82, 2.24) is 0 Å². The van der Waals surface area contributed by atoms with Gasteiger partial charge in [-0.1, -0.05) is 13.8 Å². The van der Waals surface area contributed by atoms with Crippen molar-refractivity contribution in [1.29, 1.82) is 0 Å². The van der Waals surface area contributed by atoms with Crippen LogP contribution in [0.25, 0.3) is 0 Å². The number of rotatable bonds is 2. The zero-order valence-electron chi connectivity index (χ0n) is 11.0. The van der Waals surface area contributed by atoms with Crippen LogP contribution in [0.15, 0.2) is 18.2 Å². The van der Waals surface area contributed by atoms with E-state index in [0.29, 0.717) is 11.1 Å². The van der Waals surface area contributed by atoms with Crippen molar-refractivity contribution in [3.63, 3.8) is 0 Å². The van der Waals surface area contributed by atoms with Crippen molar-refractivity contribution in [2.24, 2.45) is 5.41 Å². The van der Waals surface area contributed by atoms with E-state index in [2.05, 4.69) is 24.8 Å². The lowest BCUT2D eigenvalue weighted by atomic mass is 9.82. The van der Waals surface area contributed by atoms with Crippen molar-refractivity contribution in [3.05, 3.63) is 18.2 Å². The number of hydrogen-bond acceptors (Lipinski definition) is 3. The Bertz CT molecular complexity index is 391. The van der Waals surface area contributed by atoms with E-state index < -0.39 is 0 Å². The molecular formula is C14H22N2O. The van der Waals surface area contributed by atoms with E-state index in [1.807, 2.05) is 12.1 Å². The van der Waals surface area contributed by atoms with Crippen LogP contribution in [0, 0.1) is 5.41 Å². The van der Waals surface area contributed by atoms with Gasteiger partial charge in [0.1, 0.15) is 5.75 Å². The summed E-state index contributed by atoms with van der Waals surface area (Å²) in [4.78, 5) is 2.41. The molecule has 1 aliphatic heterocycles. The number of nitrogen functional groups attached to an aromatic ring is 1. The molecule has 1 aromatic rings. The molecule has 0 saturated carbocycles. The molecule has 0 amide bonds. The van der Waals surface area contributed by atoms with Gasteiger partial charge in [-0.05, 0) is 30.4 Å². The molecule has 94 valence electrons. The molecule has 2 rings (SSSR count). The van der Waals surface area contributed by atoms with Crippen molar-refractivity contribution in [3.8, 4) is 5.75 Å². The number of hydrogen-bond donors (Lipinski definition) is 1. The highest BCUT2D eigenvalue weighted by atomic mass is 16.5. The summed E-state index contributed by atoms with van der Waals surface area (Å²) < 4.78 is 5.27. The van der Waals surface area contributed by atoms with E-state index in [4.69, 9.17) is 10.5 Å². The topological polar surface area (TPSA) is 38.5 Å². The Morgan fingerprint density at radius 2 is 1.88 bits per heavy atom. The molecule has 0 aromatic heterocycles. The zero-order valence-corrected chi connectivity index (χ0v) is 11.0. The number of nitrogens with two attached hydrogens (primary N) is 1. The second-order valence-electron chi connectivity index (χ2n) is 5.58. The number of benzene rings is 1. The fourth-order valence-corrected chi connectivity index (χ4v) is 2.27. The fraction of sp³-hybridized carbons (Fsp3) is 0.571. The van der Waals surface area contributed by atoms with Gasteiger partial charge in [0.25, 0.3) is 0 Å². The number of methoxy groups -OCH3 is 1.